The predicted molar refractivity (Wildman–Crippen MR) is 136 cm³/mol. The Morgan fingerprint density at radius 2 is 1.97 bits per heavy atom. The van der Waals surface area contributed by atoms with Crippen LogP contribution in [0.4, 0.5) is 10.5 Å². The highest BCUT2D eigenvalue weighted by Crippen LogP contribution is 2.34. The van der Waals surface area contributed by atoms with Crippen molar-refractivity contribution < 1.29 is 13.7 Å². The fourth-order valence-electron chi connectivity index (χ4n) is 3.14. The van der Waals surface area contributed by atoms with Gasteiger partial charge in [0.2, 0.25) is 0 Å². The summed E-state index contributed by atoms with van der Waals surface area (Å²) in [5.41, 5.74) is -0.532. The Balaban J connectivity index is 1.56. The van der Waals surface area contributed by atoms with E-state index in [-0.39, 0.29) is 21.8 Å². The SMILES string of the molecule is COc1ccc2c(=O)n(-c3ccc(NC(=O)NS(=O)C4=CCC=C(Cl)S4)cc3Cl)c(=O)[nH]c2c1. The number of aromatic nitrogens is 2. The minimum absolute atomic E-state index is 0.0434. The number of nitrogens with one attached hydrogen (secondary N) is 3. The molecule has 0 saturated heterocycles. The number of aromatic amines is 1. The first-order valence-corrected chi connectivity index (χ1v) is 12.3. The number of carbonyl (C=O) groups excluding carboxylic acids is 1. The van der Waals surface area contributed by atoms with Gasteiger partial charge in [-0.1, -0.05) is 47.1 Å². The highest BCUT2D eigenvalue weighted by molar-refractivity contribution is 8.19. The van der Waals surface area contributed by atoms with Crippen molar-refractivity contribution >= 4 is 68.6 Å². The maximum Gasteiger partial charge on any atom is 0.333 e. The van der Waals surface area contributed by atoms with Gasteiger partial charge in [0.05, 0.1) is 37.3 Å². The van der Waals surface area contributed by atoms with Crippen LogP contribution in [0.3, 0.4) is 0 Å². The van der Waals surface area contributed by atoms with Gasteiger partial charge in [-0.2, -0.15) is 0 Å². The van der Waals surface area contributed by atoms with Gasteiger partial charge in [-0.15, -0.1) is 0 Å². The first-order valence-electron chi connectivity index (χ1n) is 9.63. The summed E-state index contributed by atoms with van der Waals surface area (Å²) < 4.78 is 21.6. The number of carbonyl (C=O) groups is 1. The monoisotopic (exact) mass is 538 g/mol. The number of rotatable bonds is 5. The summed E-state index contributed by atoms with van der Waals surface area (Å²) in [5.74, 6) is 0.492. The Hall–Kier alpha value is -2.99. The van der Waals surface area contributed by atoms with Crippen LogP contribution in [0.5, 0.6) is 5.75 Å². The molecule has 1 aliphatic heterocycles. The van der Waals surface area contributed by atoms with E-state index in [0.717, 1.165) is 16.3 Å². The quantitative estimate of drug-likeness (QED) is 0.447. The average molecular weight is 539 g/mol. The normalized spacial score (nSPS) is 14.2. The number of allylic oxidation sites excluding steroid dienone is 2. The van der Waals surface area contributed by atoms with E-state index in [2.05, 4.69) is 15.0 Å². The van der Waals surface area contributed by atoms with Crippen molar-refractivity contribution in [3.8, 4) is 11.4 Å². The van der Waals surface area contributed by atoms with Crippen molar-refractivity contribution in [3.05, 3.63) is 83.0 Å². The number of hydrogen-bond donors (Lipinski definition) is 3. The molecule has 13 heteroatoms. The largest absolute Gasteiger partial charge is 0.497 e. The molecule has 0 fully saturated rings. The van der Waals surface area contributed by atoms with E-state index in [9.17, 15) is 18.6 Å². The number of methoxy groups -OCH3 is 1. The lowest BCUT2D eigenvalue weighted by molar-refractivity contribution is 0.257. The number of halogens is 2. The summed E-state index contributed by atoms with van der Waals surface area (Å²) in [5, 5.41) is 2.83. The highest BCUT2D eigenvalue weighted by atomic mass is 35.5. The van der Waals surface area contributed by atoms with Gasteiger partial charge in [-0.25, -0.2) is 18.4 Å². The van der Waals surface area contributed by atoms with Crippen molar-refractivity contribution in [2.45, 2.75) is 6.42 Å². The zero-order valence-electron chi connectivity index (χ0n) is 17.4. The molecule has 3 aromatic rings. The van der Waals surface area contributed by atoms with E-state index >= 15 is 0 Å². The van der Waals surface area contributed by atoms with Crippen LogP contribution in [0.1, 0.15) is 6.42 Å². The number of fused-ring (bicyclic) bond motifs is 1. The van der Waals surface area contributed by atoms with Crippen molar-refractivity contribution in [2.75, 3.05) is 12.4 Å². The van der Waals surface area contributed by atoms with Crippen LogP contribution >= 0.6 is 35.0 Å². The van der Waals surface area contributed by atoms with Gasteiger partial charge in [0, 0.05) is 11.8 Å². The zero-order valence-corrected chi connectivity index (χ0v) is 20.5. The Morgan fingerprint density at radius 3 is 2.68 bits per heavy atom. The molecule has 4 rings (SSSR count). The summed E-state index contributed by atoms with van der Waals surface area (Å²) in [6.45, 7) is 0. The van der Waals surface area contributed by atoms with Crippen LogP contribution in [0.2, 0.25) is 5.02 Å². The Kier molecular flexibility index (Phi) is 7.17. The minimum Gasteiger partial charge on any atom is -0.497 e. The molecule has 176 valence electrons. The first kappa shape index (κ1) is 24.1. The van der Waals surface area contributed by atoms with Crippen LogP contribution in [0.15, 0.2) is 66.7 Å². The van der Waals surface area contributed by atoms with Gasteiger partial charge in [0.15, 0.2) is 11.0 Å². The van der Waals surface area contributed by atoms with Gasteiger partial charge in [-0.3, -0.25) is 9.52 Å². The number of nitrogens with zero attached hydrogens (tertiary/aromatic N) is 1. The lowest BCUT2D eigenvalue weighted by Gasteiger charge is -2.13. The number of anilines is 1. The van der Waals surface area contributed by atoms with Gasteiger partial charge in [0.25, 0.3) is 5.56 Å². The second kappa shape index (κ2) is 10.1. The maximum atomic E-state index is 13.0. The Morgan fingerprint density at radius 1 is 1.18 bits per heavy atom. The maximum absolute atomic E-state index is 13.0. The zero-order chi connectivity index (χ0) is 24.4. The molecule has 2 heterocycles. The van der Waals surface area contributed by atoms with Gasteiger partial charge in [0.1, 0.15) is 5.75 Å². The van der Waals surface area contributed by atoms with E-state index in [4.69, 9.17) is 27.9 Å². The summed E-state index contributed by atoms with van der Waals surface area (Å²) in [4.78, 5) is 40.5. The summed E-state index contributed by atoms with van der Waals surface area (Å²) >= 11 is 13.4. The second-order valence-corrected chi connectivity index (χ2v) is 10.4. The topological polar surface area (TPSA) is 122 Å². The van der Waals surface area contributed by atoms with Crippen LogP contribution in [-0.2, 0) is 11.0 Å². The summed E-state index contributed by atoms with van der Waals surface area (Å²) in [6.07, 6.45) is 3.99. The van der Waals surface area contributed by atoms with Crippen LogP contribution in [-0.4, -0.2) is 26.9 Å². The number of H-pyrrole nitrogens is 1. The molecule has 1 aliphatic rings. The van der Waals surface area contributed by atoms with Crippen molar-refractivity contribution in [2.24, 2.45) is 0 Å². The number of urea groups is 1. The van der Waals surface area contributed by atoms with Crippen molar-refractivity contribution in [1.29, 1.82) is 0 Å². The van der Waals surface area contributed by atoms with Gasteiger partial charge in [-0.05, 0) is 36.8 Å². The molecule has 0 aliphatic carbocycles. The Bertz CT molecular complexity index is 1510. The van der Waals surface area contributed by atoms with Crippen LogP contribution < -0.4 is 26.0 Å². The lowest BCUT2D eigenvalue weighted by Crippen LogP contribution is -2.34. The average Bonchev–Trinajstić information content (AvgIpc) is 2.79. The van der Waals surface area contributed by atoms with Crippen molar-refractivity contribution in [3.63, 3.8) is 0 Å². The molecule has 34 heavy (non-hydrogen) atoms. The molecule has 0 bridgehead atoms. The Labute approximate surface area is 209 Å². The number of amides is 2. The fraction of sp³-hybridized carbons (Fsp3) is 0.0952. The molecule has 3 N–H and O–H groups in total. The highest BCUT2D eigenvalue weighted by Gasteiger charge is 2.17. The van der Waals surface area contributed by atoms with E-state index in [1.807, 2.05) is 0 Å². The first-order chi connectivity index (χ1) is 16.3. The molecule has 9 nitrogen and oxygen atoms in total. The molecular weight excluding hydrogens is 523 g/mol. The van der Waals surface area contributed by atoms with E-state index in [1.54, 1.807) is 30.4 Å². The van der Waals surface area contributed by atoms with E-state index < -0.39 is 28.3 Å². The van der Waals surface area contributed by atoms with Gasteiger partial charge >= 0.3 is 11.7 Å². The second-order valence-electron chi connectivity index (χ2n) is 6.84. The van der Waals surface area contributed by atoms with Crippen LogP contribution in [0.25, 0.3) is 16.6 Å². The lowest BCUT2D eigenvalue weighted by atomic mass is 10.2. The molecule has 0 radical (unpaired) electrons. The molecule has 1 aromatic heterocycles. The molecule has 1 atom stereocenters. The number of thioether (sulfide) groups is 1. The molecule has 1 unspecified atom stereocenters. The summed E-state index contributed by atoms with van der Waals surface area (Å²) in [7, 11) is -0.309. The standard InChI is InChI=1S/C21H16Cl2N4O5S2/c1-32-12-6-7-13-15(10-12)25-21(30)27(19(13)28)16-8-5-11(9-14(16)22)24-20(29)26-34(31)18-4-2-3-17(23)33-18/h3-10H,2H2,1H3,(H,25,30)(H2,24,26,29). The fourth-order valence-corrected chi connectivity index (χ4v) is 5.70. The number of ether oxygens (including phenoxy) is 1. The van der Waals surface area contributed by atoms with E-state index in [1.165, 1.54) is 25.3 Å². The van der Waals surface area contributed by atoms with Gasteiger partial charge < -0.3 is 15.0 Å². The number of hydrogen-bond acceptors (Lipinski definition) is 6. The number of benzene rings is 2. The third-order valence-corrected chi connectivity index (χ3v) is 7.71. The molecular formula is C21H16Cl2N4O5S2. The van der Waals surface area contributed by atoms with Crippen molar-refractivity contribution in [1.82, 2.24) is 14.3 Å². The minimum atomic E-state index is -1.79. The summed E-state index contributed by atoms with van der Waals surface area (Å²) in [6, 6.07) is 8.22. The van der Waals surface area contributed by atoms with E-state index in [0.29, 0.717) is 26.3 Å². The molecule has 2 amide bonds. The molecule has 2 aromatic carbocycles. The third kappa shape index (κ3) is 5.07. The molecule has 0 spiro atoms. The third-order valence-electron chi connectivity index (χ3n) is 4.68. The van der Waals surface area contributed by atoms with Crippen LogP contribution in [0, 0.1) is 0 Å². The smallest absolute Gasteiger partial charge is 0.333 e. The predicted octanol–water partition coefficient (Wildman–Crippen LogP) is 4.18. The molecule has 0 saturated carbocycles.